The van der Waals surface area contributed by atoms with E-state index < -0.39 is 0 Å². The Morgan fingerprint density at radius 3 is 1.20 bits per heavy atom. The van der Waals surface area contributed by atoms with Crippen molar-refractivity contribution in [3.63, 3.8) is 0 Å². The van der Waals surface area contributed by atoms with Crippen molar-refractivity contribution in [3.8, 4) is 0 Å². The lowest BCUT2D eigenvalue weighted by Gasteiger charge is -1.72. The van der Waals surface area contributed by atoms with Crippen molar-refractivity contribution in [2.45, 2.75) is 0 Å². The van der Waals surface area contributed by atoms with Crippen LogP contribution in [-0.2, 0) is 0 Å². The number of hydrogen-bond acceptors (Lipinski definition) is 2. The second-order valence-electron chi connectivity index (χ2n) is 0.577. The van der Waals surface area contributed by atoms with E-state index in [1.165, 1.54) is 0 Å². The molecule has 3 heteroatoms. The highest BCUT2D eigenvalue weighted by molar-refractivity contribution is 5.75. The molecule has 3 radical (unpaired) electrons. The van der Waals surface area contributed by atoms with Crippen LogP contribution in [0.1, 0.15) is 0 Å². The van der Waals surface area contributed by atoms with E-state index >= 15 is 0 Å². The lowest BCUT2D eigenvalue weighted by Crippen LogP contribution is -2.11. The molecule has 0 heterocycles. The van der Waals surface area contributed by atoms with E-state index in [2.05, 4.69) is 0 Å². The van der Waals surface area contributed by atoms with Gasteiger partial charge in [0.2, 0.25) is 0 Å². The Hall–Kier alpha value is 0.452. The molecule has 0 aliphatic heterocycles. The largest absolute Gasteiger partial charge is 0.329 e. The third-order valence-corrected chi connectivity index (χ3v) is 0.167. The SMILES string of the molecule is NCCN.[Al]. The average Bonchev–Trinajstić information content (AvgIpc) is 1.37. The van der Waals surface area contributed by atoms with Gasteiger partial charge in [0.1, 0.15) is 0 Å². The second kappa shape index (κ2) is 8.82. The Kier molecular flexibility index (Phi) is 16.0. The first-order valence-electron chi connectivity index (χ1n) is 1.32. The van der Waals surface area contributed by atoms with Gasteiger partial charge in [-0.1, -0.05) is 0 Å². The molecule has 0 unspecified atom stereocenters. The van der Waals surface area contributed by atoms with Crippen LogP contribution in [0.2, 0.25) is 0 Å². The topological polar surface area (TPSA) is 52.0 Å². The molecule has 0 bridgehead atoms. The van der Waals surface area contributed by atoms with Crippen molar-refractivity contribution in [2.75, 3.05) is 13.1 Å². The molecule has 0 saturated heterocycles. The van der Waals surface area contributed by atoms with Gasteiger partial charge >= 0.3 is 0 Å². The highest BCUT2D eigenvalue weighted by Gasteiger charge is 1.54. The van der Waals surface area contributed by atoms with Crippen LogP contribution in [0.25, 0.3) is 0 Å². The smallest absolute Gasteiger partial charge is 0.00461 e. The quantitative estimate of drug-likeness (QED) is 0.383. The van der Waals surface area contributed by atoms with Gasteiger partial charge < -0.3 is 11.5 Å². The summed E-state index contributed by atoms with van der Waals surface area (Å²) in [5.41, 5.74) is 9.81. The molecule has 29 valence electrons. The third-order valence-electron chi connectivity index (χ3n) is 0.167. The Balaban J connectivity index is 0. The predicted octanol–water partition coefficient (Wildman–Crippen LogP) is -1.48. The fourth-order valence-electron chi connectivity index (χ4n) is 0. The minimum atomic E-state index is 0. The monoisotopic (exact) mass is 87.1 g/mol. The van der Waals surface area contributed by atoms with Crippen molar-refractivity contribution in [3.05, 3.63) is 0 Å². The van der Waals surface area contributed by atoms with Crippen molar-refractivity contribution in [1.82, 2.24) is 0 Å². The molecular formula is C2H8AlN2. The van der Waals surface area contributed by atoms with Gasteiger partial charge in [0, 0.05) is 30.5 Å². The van der Waals surface area contributed by atoms with Crippen LogP contribution in [-0.4, -0.2) is 30.5 Å². The van der Waals surface area contributed by atoms with Crippen molar-refractivity contribution < 1.29 is 0 Å². The van der Waals surface area contributed by atoms with Crippen molar-refractivity contribution in [2.24, 2.45) is 11.5 Å². The Morgan fingerprint density at radius 2 is 1.20 bits per heavy atom. The van der Waals surface area contributed by atoms with Crippen LogP contribution < -0.4 is 11.5 Å². The molecule has 0 rings (SSSR count). The highest BCUT2D eigenvalue weighted by atomic mass is 27.0. The fourth-order valence-corrected chi connectivity index (χ4v) is 0. The summed E-state index contributed by atoms with van der Waals surface area (Å²) >= 11 is 0. The molecule has 4 N–H and O–H groups in total. The van der Waals surface area contributed by atoms with Gasteiger partial charge in [0.05, 0.1) is 0 Å². The summed E-state index contributed by atoms with van der Waals surface area (Å²) in [6.07, 6.45) is 0. The summed E-state index contributed by atoms with van der Waals surface area (Å²) in [4.78, 5) is 0. The Morgan fingerprint density at radius 1 is 1.00 bits per heavy atom. The summed E-state index contributed by atoms with van der Waals surface area (Å²) in [5, 5.41) is 0. The lowest BCUT2D eigenvalue weighted by atomic mass is 10.7. The molecule has 0 aliphatic rings. The second-order valence-corrected chi connectivity index (χ2v) is 0.577. The van der Waals surface area contributed by atoms with Crippen LogP contribution in [0.5, 0.6) is 0 Å². The summed E-state index contributed by atoms with van der Waals surface area (Å²) in [6, 6.07) is 0. The predicted molar refractivity (Wildman–Crippen MR) is 23.9 cm³/mol. The first kappa shape index (κ1) is 9.07. The minimum Gasteiger partial charge on any atom is -0.329 e. The van der Waals surface area contributed by atoms with Crippen molar-refractivity contribution >= 4 is 17.4 Å². The van der Waals surface area contributed by atoms with Gasteiger partial charge in [-0.05, 0) is 0 Å². The molecule has 0 aromatic rings. The standard InChI is InChI=1S/C2H8N2.Al/c3-1-2-4;/h1-4H2;. The fraction of sp³-hybridized carbons (Fsp3) is 1.00. The molecule has 0 spiro atoms. The number of nitrogens with two attached hydrogens (primary N) is 2. The van der Waals surface area contributed by atoms with Crippen LogP contribution >= 0.6 is 0 Å². The lowest BCUT2D eigenvalue weighted by molar-refractivity contribution is 0.976. The van der Waals surface area contributed by atoms with E-state index in [9.17, 15) is 0 Å². The van der Waals surface area contributed by atoms with Gasteiger partial charge in [-0.2, -0.15) is 0 Å². The van der Waals surface area contributed by atoms with Gasteiger partial charge in [-0.25, -0.2) is 0 Å². The zero-order valence-electron chi connectivity index (χ0n) is 3.15. The number of hydrogen-bond donors (Lipinski definition) is 2. The molecule has 0 saturated carbocycles. The Bertz CT molecular complexity index is 9.61. The first-order chi connectivity index (χ1) is 1.91. The van der Waals surface area contributed by atoms with E-state index in [0.29, 0.717) is 13.1 Å². The maximum Gasteiger partial charge on any atom is 0.00461 e. The molecular weight excluding hydrogens is 79.0 g/mol. The molecule has 0 atom stereocenters. The first-order valence-corrected chi connectivity index (χ1v) is 1.32. The van der Waals surface area contributed by atoms with E-state index in [0.717, 1.165) is 0 Å². The maximum atomic E-state index is 4.90. The number of rotatable bonds is 1. The van der Waals surface area contributed by atoms with Crippen molar-refractivity contribution in [1.29, 1.82) is 0 Å². The summed E-state index contributed by atoms with van der Waals surface area (Å²) in [7, 11) is 0. The molecule has 0 aromatic heterocycles. The van der Waals surface area contributed by atoms with E-state index in [4.69, 9.17) is 11.5 Å². The molecule has 0 aliphatic carbocycles. The zero-order valence-corrected chi connectivity index (χ0v) is 4.30. The third kappa shape index (κ3) is 12.7. The van der Waals surface area contributed by atoms with Crippen LogP contribution in [0.15, 0.2) is 0 Å². The van der Waals surface area contributed by atoms with Gasteiger partial charge in [0.15, 0.2) is 0 Å². The van der Waals surface area contributed by atoms with E-state index in [1.807, 2.05) is 0 Å². The van der Waals surface area contributed by atoms with Crippen LogP contribution in [0.3, 0.4) is 0 Å². The van der Waals surface area contributed by atoms with Crippen LogP contribution in [0, 0.1) is 0 Å². The maximum absolute atomic E-state index is 4.90. The minimum absolute atomic E-state index is 0. The normalized spacial score (nSPS) is 6.00. The van der Waals surface area contributed by atoms with Gasteiger partial charge in [-0.3, -0.25) is 0 Å². The average molecular weight is 87.1 g/mol. The Labute approximate surface area is 42.7 Å². The van der Waals surface area contributed by atoms with Gasteiger partial charge in [-0.15, -0.1) is 0 Å². The van der Waals surface area contributed by atoms with Gasteiger partial charge in [0.25, 0.3) is 0 Å². The zero-order chi connectivity index (χ0) is 3.41. The summed E-state index contributed by atoms with van der Waals surface area (Å²) < 4.78 is 0. The summed E-state index contributed by atoms with van der Waals surface area (Å²) in [6.45, 7) is 1.19. The molecule has 5 heavy (non-hydrogen) atoms. The van der Waals surface area contributed by atoms with E-state index in [1.54, 1.807) is 0 Å². The summed E-state index contributed by atoms with van der Waals surface area (Å²) in [5.74, 6) is 0. The molecule has 0 amide bonds. The highest BCUT2D eigenvalue weighted by Crippen LogP contribution is 1.24. The molecule has 2 nitrogen and oxygen atoms in total. The van der Waals surface area contributed by atoms with E-state index in [-0.39, 0.29) is 17.4 Å². The molecule has 0 aromatic carbocycles. The van der Waals surface area contributed by atoms with Crippen LogP contribution in [0.4, 0.5) is 0 Å². The molecule has 0 fully saturated rings.